The highest BCUT2D eigenvalue weighted by atomic mass is 17.3. The predicted octanol–water partition coefficient (Wildman–Crippen LogP) is 7.80. The molecule has 75 heavy (non-hydrogen) atoms. The third kappa shape index (κ3) is 8.89. The zero-order chi connectivity index (χ0) is 52.5. The number of ether oxygens (including phenoxy) is 6. The van der Waals surface area contributed by atoms with Crippen molar-refractivity contribution < 1.29 is 72.1 Å². The van der Waals surface area contributed by atoms with Gasteiger partial charge in [0.15, 0.2) is 35.7 Å². The summed E-state index contributed by atoms with van der Waals surface area (Å²) < 4.78 is 40.2. The zero-order valence-corrected chi connectivity index (χ0v) is 46.2. The zero-order valence-electron chi connectivity index (χ0n) is 46.2. The lowest BCUT2D eigenvalue weighted by molar-refractivity contribution is -0.571. The van der Waals surface area contributed by atoms with Crippen molar-refractivity contribution in [3.05, 3.63) is 0 Å². The number of carbonyl (C=O) groups excluding carboxylic acids is 3. The van der Waals surface area contributed by atoms with E-state index < -0.39 is 59.1 Å². The van der Waals surface area contributed by atoms with Crippen LogP contribution < -0.4 is 16.0 Å². The highest BCUT2D eigenvalue weighted by Gasteiger charge is 2.72. The first-order valence-electron chi connectivity index (χ1n) is 29.7. The molecule has 12 heterocycles. The fraction of sp³-hybridized carbons (Fsp3) is 0.947. The third-order valence-electron chi connectivity index (χ3n) is 22.3. The normalized spacial score (nSPS) is 52.4. The van der Waals surface area contributed by atoms with E-state index in [1.165, 1.54) is 0 Å². The van der Waals surface area contributed by atoms with Crippen molar-refractivity contribution >= 4 is 17.7 Å². The molecule has 15 rings (SSSR count). The molecule has 18 heteroatoms. The lowest BCUT2D eigenvalue weighted by atomic mass is 9.57. The van der Waals surface area contributed by atoms with Crippen molar-refractivity contribution in [3.8, 4) is 0 Å². The van der Waals surface area contributed by atoms with E-state index in [-0.39, 0.29) is 109 Å². The van der Waals surface area contributed by atoms with Crippen molar-refractivity contribution in [1.82, 2.24) is 16.0 Å². The summed E-state index contributed by atoms with van der Waals surface area (Å²) in [5.41, 5.74) is -2.00. The molecular formula is C57H89N3O15. The molecule has 0 unspecified atom stereocenters. The van der Waals surface area contributed by atoms with Gasteiger partial charge in [0.25, 0.3) is 0 Å². The summed E-state index contributed by atoms with van der Waals surface area (Å²) in [7, 11) is 0. The molecule has 0 aromatic carbocycles. The van der Waals surface area contributed by atoms with Gasteiger partial charge in [0, 0.05) is 62.9 Å². The third-order valence-corrected chi connectivity index (χ3v) is 22.3. The molecule has 3 spiro atoms. The van der Waals surface area contributed by atoms with E-state index >= 15 is 0 Å². The van der Waals surface area contributed by atoms with E-state index in [0.29, 0.717) is 50.1 Å². The van der Waals surface area contributed by atoms with Gasteiger partial charge in [0.05, 0.1) is 18.3 Å². The van der Waals surface area contributed by atoms with Crippen molar-refractivity contribution in [1.29, 1.82) is 0 Å². The van der Waals surface area contributed by atoms with E-state index in [9.17, 15) is 14.4 Å². The second-order valence-electron chi connectivity index (χ2n) is 26.7. The molecule has 15 aliphatic rings. The number of nitrogens with one attached hydrogen (secondary N) is 3. The molecule has 25 atom stereocenters. The maximum absolute atomic E-state index is 14.3. The molecule has 18 nitrogen and oxygen atoms in total. The SMILES string of the molecule is C[C@H]1[C@@H](CCNC(=O)CC[C@H](NC(=O)CC[C@H]2O[C@@H]3O[C@]4(C)CC[C@H]5[C@H](C)CC[C@@H]([C@H]2C)[C@@]35OO4)C(=O)NCC[C@H]2O[C@@H]3O[C@]4(C)CC[C@H]5[C@H](C)CC[C@@H]([C@H]2C)[C@@]35OO4)O[C@@H]2O[C@]3(C)CC[C@H]4[C@H](C)CC[C@@H]1[C@@]24OO3. The fourth-order valence-electron chi connectivity index (χ4n) is 17.9. The Labute approximate surface area is 443 Å². The number of hydrogen-bond donors (Lipinski definition) is 3. The van der Waals surface area contributed by atoms with Crippen LogP contribution in [0.15, 0.2) is 0 Å². The van der Waals surface area contributed by atoms with Crippen LogP contribution in [-0.2, 0) is 72.1 Å². The van der Waals surface area contributed by atoms with Gasteiger partial charge in [-0.25, -0.2) is 29.3 Å². The molecule has 0 aromatic rings. The number of rotatable bonds is 14. The van der Waals surface area contributed by atoms with Crippen LogP contribution in [0.5, 0.6) is 0 Å². The molecule has 15 fully saturated rings. The molecule has 3 aliphatic carbocycles. The molecule has 3 N–H and O–H groups in total. The summed E-state index contributed by atoms with van der Waals surface area (Å²) in [5, 5.41) is 9.31. The fourth-order valence-corrected chi connectivity index (χ4v) is 17.9. The predicted molar refractivity (Wildman–Crippen MR) is 266 cm³/mol. The Kier molecular flexibility index (Phi) is 14.2. The Morgan fingerprint density at radius 1 is 0.453 bits per heavy atom. The summed E-state index contributed by atoms with van der Waals surface area (Å²) in [6.07, 6.45) is 10.9. The topological polar surface area (TPSA) is 198 Å². The lowest BCUT2D eigenvalue weighted by Gasteiger charge is -2.60. The van der Waals surface area contributed by atoms with Crippen LogP contribution in [0.1, 0.15) is 178 Å². The maximum atomic E-state index is 14.3. The van der Waals surface area contributed by atoms with Gasteiger partial charge < -0.3 is 44.4 Å². The van der Waals surface area contributed by atoms with Crippen LogP contribution in [-0.4, -0.2) is 108 Å². The molecule has 3 saturated carbocycles. The van der Waals surface area contributed by atoms with Gasteiger partial charge in [0.2, 0.25) is 35.1 Å². The smallest absolute Gasteiger partial charge is 0.242 e. The van der Waals surface area contributed by atoms with Crippen LogP contribution in [0.25, 0.3) is 0 Å². The van der Waals surface area contributed by atoms with Crippen LogP contribution in [0.4, 0.5) is 0 Å². The molecular weight excluding hydrogens is 967 g/mol. The summed E-state index contributed by atoms with van der Waals surface area (Å²) >= 11 is 0. The van der Waals surface area contributed by atoms with Gasteiger partial charge >= 0.3 is 0 Å². The van der Waals surface area contributed by atoms with Gasteiger partial charge in [-0.15, -0.1) is 0 Å². The number of fused-ring (bicyclic) bond motifs is 6. The summed E-state index contributed by atoms with van der Waals surface area (Å²) in [4.78, 5) is 79.3. The van der Waals surface area contributed by atoms with Crippen LogP contribution >= 0.6 is 0 Å². The Morgan fingerprint density at radius 2 is 0.840 bits per heavy atom. The highest BCUT2D eigenvalue weighted by molar-refractivity contribution is 5.88. The maximum Gasteiger partial charge on any atom is 0.242 e. The second kappa shape index (κ2) is 19.9. The lowest BCUT2D eigenvalue weighted by Crippen LogP contribution is -2.70. The van der Waals surface area contributed by atoms with Crippen molar-refractivity contribution in [2.75, 3.05) is 13.1 Å². The van der Waals surface area contributed by atoms with E-state index in [0.717, 1.165) is 77.0 Å². The summed E-state index contributed by atoms with van der Waals surface area (Å²) in [5.74, 6) is -0.421. The largest absolute Gasteiger partial charge is 0.356 e. The number of carbonyl (C=O) groups is 3. The van der Waals surface area contributed by atoms with Gasteiger partial charge in [-0.1, -0.05) is 41.5 Å². The van der Waals surface area contributed by atoms with Crippen molar-refractivity contribution in [2.24, 2.45) is 71.0 Å². The minimum absolute atomic E-state index is 0.0397. The monoisotopic (exact) mass is 1060 g/mol. The standard InChI is InChI=1S/C57H89N3O15/c1-30-10-13-39-33(4)43(64-49-55(39)36(30)20-25-52(7,67-49)70-73-55)17-19-47(62)60-42(48(63)59-29-24-45-35(6)41-15-12-32(3)38-22-27-54(9)69-51(66-45)57(38,41)75-72-54)16-18-46(61)58-28-23-44-34(5)40-14-11-31(2)37-21-26-53(8)68-50(65-44)56(37,40)74-71-53/h30-45,49-51H,10-29H2,1-9H3,(H,58,61)(H,59,63)(H,60,62)/t30-,31-,32-,33-,34-,35-,36+,37+,38+,39+,40+,41+,42+,43-,44-,45-,49-,50-,51-,52+,53+,54+,55-,56-,57-/m1/s1. The molecule has 0 radical (unpaired) electrons. The molecule has 422 valence electrons. The Bertz CT molecular complexity index is 2160. The minimum atomic E-state index is -0.950. The number of hydrogen-bond acceptors (Lipinski definition) is 15. The van der Waals surface area contributed by atoms with Gasteiger partial charge in [-0.3, -0.25) is 14.4 Å². The van der Waals surface area contributed by atoms with E-state index in [1.807, 2.05) is 20.8 Å². The molecule has 6 bridgehead atoms. The van der Waals surface area contributed by atoms with Gasteiger partial charge in [0.1, 0.15) is 6.04 Å². The molecule has 12 saturated heterocycles. The molecule has 0 aromatic heterocycles. The Morgan fingerprint density at radius 3 is 1.25 bits per heavy atom. The first-order chi connectivity index (χ1) is 35.8. The minimum Gasteiger partial charge on any atom is -0.356 e. The molecule has 12 aliphatic heterocycles. The quantitative estimate of drug-likeness (QED) is 0.142. The Hall–Kier alpha value is -2.07. The summed E-state index contributed by atoms with van der Waals surface area (Å²) in [6, 6.07) is -0.950. The average Bonchev–Trinajstić information content (AvgIpc) is 3.86. The summed E-state index contributed by atoms with van der Waals surface area (Å²) in [6.45, 7) is 20.0. The van der Waals surface area contributed by atoms with Crippen molar-refractivity contribution in [2.45, 2.75) is 255 Å². The van der Waals surface area contributed by atoms with Crippen LogP contribution in [0, 0.1) is 71.0 Å². The van der Waals surface area contributed by atoms with Gasteiger partial charge in [-0.2, -0.15) is 0 Å². The second-order valence-corrected chi connectivity index (χ2v) is 26.7. The highest BCUT2D eigenvalue weighted by Crippen LogP contribution is 2.64. The van der Waals surface area contributed by atoms with Crippen LogP contribution in [0.2, 0.25) is 0 Å². The first-order valence-corrected chi connectivity index (χ1v) is 29.7. The van der Waals surface area contributed by atoms with Crippen molar-refractivity contribution in [3.63, 3.8) is 0 Å². The van der Waals surface area contributed by atoms with E-state index in [2.05, 4.69) is 57.5 Å². The van der Waals surface area contributed by atoms with Crippen LogP contribution in [0.3, 0.4) is 0 Å². The molecule has 3 amide bonds. The Balaban J connectivity index is 0.688. The van der Waals surface area contributed by atoms with E-state index in [4.69, 9.17) is 57.7 Å². The van der Waals surface area contributed by atoms with Gasteiger partial charge in [-0.05, 0) is 158 Å². The average molecular weight is 1060 g/mol. The first kappa shape index (κ1) is 53.6. The number of amides is 3. The van der Waals surface area contributed by atoms with E-state index in [1.54, 1.807) is 0 Å².